The van der Waals surface area contributed by atoms with Crippen molar-refractivity contribution < 1.29 is 14.3 Å². The number of hydrogen-bond acceptors (Lipinski definition) is 4. The van der Waals surface area contributed by atoms with Crippen LogP contribution in [0.3, 0.4) is 0 Å². The molecule has 1 aliphatic heterocycles. The fourth-order valence-electron chi connectivity index (χ4n) is 2.16. The number of benzene rings is 1. The molecule has 0 saturated heterocycles. The summed E-state index contributed by atoms with van der Waals surface area (Å²) in [5.74, 6) is -0.223. The maximum absolute atomic E-state index is 11.9. The minimum Gasteiger partial charge on any atom is -0.497 e. The number of carbonyl (C=O) groups is 2. The van der Waals surface area contributed by atoms with Crippen LogP contribution < -0.4 is 15.0 Å². The van der Waals surface area contributed by atoms with Crippen molar-refractivity contribution >= 4 is 17.4 Å². The zero-order valence-electron chi connectivity index (χ0n) is 11.2. The summed E-state index contributed by atoms with van der Waals surface area (Å²) >= 11 is 0. The second-order valence-corrected chi connectivity index (χ2v) is 4.38. The summed E-state index contributed by atoms with van der Waals surface area (Å²) in [6.45, 7) is 4.30. The molecule has 1 heterocycles. The molecule has 0 saturated carbocycles. The van der Waals surface area contributed by atoms with E-state index in [-0.39, 0.29) is 0 Å². The molecular weight excluding hydrogens is 244 g/mol. The molecule has 0 fully saturated rings. The van der Waals surface area contributed by atoms with Gasteiger partial charge in [-0.1, -0.05) is 6.92 Å². The quantitative estimate of drug-likeness (QED) is 0.618. The Morgan fingerprint density at radius 3 is 2.79 bits per heavy atom. The molecule has 1 aliphatic rings. The number of carbonyl (C=O) groups excluding carboxylic acids is 2. The number of nitrogens with one attached hydrogen (secondary N) is 1. The van der Waals surface area contributed by atoms with Crippen molar-refractivity contribution in [3.05, 3.63) is 23.8 Å². The van der Waals surface area contributed by atoms with E-state index in [1.54, 1.807) is 25.3 Å². The van der Waals surface area contributed by atoms with Gasteiger partial charge in [0.05, 0.1) is 18.4 Å². The molecular formula is C14H18N2O3. The van der Waals surface area contributed by atoms with Gasteiger partial charge in [-0.25, -0.2) is 0 Å². The molecule has 2 rings (SSSR count). The molecule has 1 aromatic carbocycles. The predicted molar refractivity (Wildman–Crippen MR) is 72.8 cm³/mol. The minimum absolute atomic E-state index is 0.430. The Kier molecular flexibility index (Phi) is 4.16. The summed E-state index contributed by atoms with van der Waals surface area (Å²) in [6, 6.07) is 5.09. The van der Waals surface area contributed by atoms with Gasteiger partial charge in [-0.2, -0.15) is 0 Å². The van der Waals surface area contributed by atoms with Gasteiger partial charge < -0.3 is 15.0 Å². The molecule has 1 N–H and O–H groups in total. The minimum atomic E-state index is -0.445. The van der Waals surface area contributed by atoms with E-state index in [1.165, 1.54) is 4.90 Å². The van der Waals surface area contributed by atoms with Crippen LogP contribution in [0.15, 0.2) is 18.2 Å². The third kappa shape index (κ3) is 2.61. The van der Waals surface area contributed by atoms with E-state index in [2.05, 4.69) is 5.32 Å². The average molecular weight is 262 g/mol. The van der Waals surface area contributed by atoms with Crippen molar-refractivity contribution in [2.45, 2.75) is 13.3 Å². The molecule has 0 aliphatic carbocycles. The van der Waals surface area contributed by atoms with E-state index in [0.29, 0.717) is 23.5 Å². The van der Waals surface area contributed by atoms with Crippen LogP contribution in [0, 0.1) is 0 Å². The van der Waals surface area contributed by atoms with E-state index in [0.717, 1.165) is 19.5 Å². The van der Waals surface area contributed by atoms with Gasteiger partial charge in [0.2, 0.25) is 0 Å². The summed E-state index contributed by atoms with van der Waals surface area (Å²) in [6.07, 6.45) is 0.809. The van der Waals surface area contributed by atoms with Gasteiger partial charge in [-0.3, -0.25) is 9.59 Å². The molecule has 19 heavy (non-hydrogen) atoms. The molecule has 0 spiro atoms. The molecule has 5 nitrogen and oxygen atoms in total. The number of ketones is 1. The number of anilines is 1. The predicted octanol–water partition coefficient (Wildman–Crippen LogP) is 1.22. The number of methoxy groups -OCH3 is 1. The van der Waals surface area contributed by atoms with Gasteiger partial charge in [-0.15, -0.1) is 0 Å². The fraction of sp³-hybridized carbons (Fsp3) is 0.429. The molecule has 1 amide bonds. The maximum Gasteiger partial charge on any atom is 0.299 e. The van der Waals surface area contributed by atoms with Crippen LogP contribution >= 0.6 is 0 Å². The third-order valence-electron chi connectivity index (χ3n) is 3.16. The smallest absolute Gasteiger partial charge is 0.299 e. The normalized spacial score (nSPS) is 13.9. The van der Waals surface area contributed by atoms with E-state index < -0.39 is 11.7 Å². The number of hydrogen-bond donors (Lipinski definition) is 1. The van der Waals surface area contributed by atoms with Gasteiger partial charge in [-0.05, 0) is 31.6 Å². The van der Waals surface area contributed by atoms with Crippen molar-refractivity contribution in [2.75, 3.05) is 31.6 Å². The molecule has 0 radical (unpaired) electrons. The molecule has 1 aromatic rings. The van der Waals surface area contributed by atoms with E-state index in [4.69, 9.17) is 4.74 Å². The highest BCUT2D eigenvalue weighted by Crippen LogP contribution is 2.32. The molecule has 0 bridgehead atoms. The van der Waals surface area contributed by atoms with Crippen LogP contribution in [0.5, 0.6) is 5.75 Å². The number of nitrogens with zero attached hydrogens (tertiary/aromatic N) is 1. The lowest BCUT2D eigenvalue weighted by Crippen LogP contribution is -2.32. The van der Waals surface area contributed by atoms with E-state index in [1.807, 2.05) is 6.92 Å². The van der Waals surface area contributed by atoms with E-state index in [9.17, 15) is 9.59 Å². The Bertz CT molecular complexity index is 499. The first-order valence-corrected chi connectivity index (χ1v) is 6.44. The Morgan fingerprint density at radius 1 is 1.32 bits per heavy atom. The number of Topliss-reactive ketones (excluding diaryl/α,β-unsaturated/α-hetero) is 1. The Hall–Kier alpha value is -1.88. The number of rotatable bonds is 6. The summed E-state index contributed by atoms with van der Waals surface area (Å²) < 4.78 is 5.14. The van der Waals surface area contributed by atoms with Crippen molar-refractivity contribution in [2.24, 2.45) is 0 Å². The first-order valence-electron chi connectivity index (χ1n) is 6.44. The van der Waals surface area contributed by atoms with Gasteiger partial charge >= 0.3 is 0 Å². The van der Waals surface area contributed by atoms with Crippen molar-refractivity contribution in [1.82, 2.24) is 5.32 Å². The second kappa shape index (κ2) is 5.84. The molecule has 102 valence electrons. The summed E-state index contributed by atoms with van der Waals surface area (Å²) in [5.41, 5.74) is 1.13. The van der Waals surface area contributed by atoms with Gasteiger partial charge in [0, 0.05) is 12.6 Å². The van der Waals surface area contributed by atoms with Gasteiger partial charge in [0.25, 0.3) is 11.7 Å². The summed E-state index contributed by atoms with van der Waals surface area (Å²) in [5, 5.41) is 3.20. The topological polar surface area (TPSA) is 58.6 Å². The third-order valence-corrected chi connectivity index (χ3v) is 3.16. The lowest BCUT2D eigenvalue weighted by atomic mass is 10.1. The van der Waals surface area contributed by atoms with Crippen LogP contribution in [0.2, 0.25) is 0 Å². The highest BCUT2D eigenvalue weighted by molar-refractivity contribution is 6.52. The van der Waals surface area contributed by atoms with Crippen molar-refractivity contribution in [1.29, 1.82) is 0 Å². The summed E-state index contributed by atoms with van der Waals surface area (Å²) in [7, 11) is 1.57. The highest BCUT2D eigenvalue weighted by Gasteiger charge is 2.35. The zero-order chi connectivity index (χ0) is 13.8. The van der Waals surface area contributed by atoms with Crippen LogP contribution in [-0.4, -0.2) is 38.4 Å². The number of ether oxygens (including phenoxy) is 1. The van der Waals surface area contributed by atoms with Gasteiger partial charge in [0.15, 0.2) is 0 Å². The molecule has 5 heteroatoms. The average Bonchev–Trinajstić information content (AvgIpc) is 2.67. The highest BCUT2D eigenvalue weighted by atomic mass is 16.5. The van der Waals surface area contributed by atoms with Crippen molar-refractivity contribution in [3.63, 3.8) is 0 Å². The number of fused-ring (bicyclic) bond motifs is 1. The summed E-state index contributed by atoms with van der Waals surface area (Å²) in [4.78, 5) is 25.3. The monoisotopic (exact) mass is 262 g/mol. The largest absolute Gasteiger partial charge is 0.497 e. The zero-order valence-corrected chi connectivity index (χ0v) is 11.2. The van der Waals surface area contributed by atoms with Crippen LogP contribution in [-0.2, 0) is 4.79 Å². The van der Waals surface area contributed by atoms with Crippen molar-refractivity contribution in [3.8, 4) is 5.75 Å². The molecule has 0 unspecified atom stereocenters. The molecule has 0 aromatic heterocycles. The van der Waals surface area contributed by atoms with E-state index >= 15 is 0 Å². The maximum atomic E-state index is 11.9. The Labute approximate surface area is 112 Å². The Balaban J connectivity index is 2.17. The lowest BCUT2D eigenvalue weighted by molar-refractivity contribution is -0.114. The fourth-order valence-corrected chi connectivity index (χ4v) is 2.16. The van der Waals surface area contributed by atoms with Gasteiger partial charge in [0.1, 0.15) is 5.75 Å². The van der Waals surface area contributed by atoms with Crippen LogP contribution in [0.25, 0.3) is 0 Å². The second-order valence-electron chi connectivity index (χ2n) is 4.38. The first kappa shape index (κ1) is 13.5. The lowest BCUT2D eigenvalue weighted by Gasteiger charge is -2.16. The SMILES string of the molecule is CCNCCCN1C(=O)C(=O)c2ccc(OC)cc21. The van der Waals surface area contributed by atoms with Crippen LogP contribution in [0.1, 0.15) is 23.7 Å². The first-order chi connectivity index (χ1) is 9.19. The Morgan fingerprint density at radius 2 is 2.11 bits per heavy atom. The standard InChI is InChI=1S/C14H18N2O3/c1-3-15-7-4-8-16-12-9-10(19-2)5-6-11(12)13(17)14(16)18/h5-6,9,15H,3-4,7-8H2,1-2H3. The van der Waals surface area contributed by atoms with Crippen LogP contribution in [0.4, 0.5) is 5.69 Å². The molecule has 0 atom stereocenters. The number of amides is 1.